The number of amides is 1. The standard InChI is InChI=1S/C15H11ClIN3O/c1-9-14(20-8-10(16)2-7-13(20)18-9)15(21)19-12-5-3-11(17)4-6-12/h2-8H,1H3,(H,19,21). The lowest BCUT2D eigenvalue weighted by molar-refractivity contribution is 0.102. The number of carbonyl (C=O) groups is 1. The SMILES string of the molecule is Cc1nc2ccc(Cl)cn2c1C(=O)Nc1ccc(I)cc1. The van der Waals surface area contributed by atoms with Gasteiger partial charge in [0.25, 0.3) is 5.91 Å². The Balaban J connectivity index is 1.99. The molecule has 0 spiro atoms. The topological polar surface area (TPSA) is 46.4 Å². The third kappa shape index (κ3) is 2.89. The van der Waals surface area contributed by atoms with Crippen LogP contribution < -0.4 is 5.32 Å². The van der Waals surface area contributed by atoms with E-state index in [1.54, 1.807) is 22.7 Å². The Bertz CT molecular complexity index is 827. The second-order valence-electron chi connectivity index (χ2n) is 4.58. The van der Waals surface area contributed by atoms with E-state index in [9.17, 15) is 4.79 Å². The first-order valence-corrected chi connectivity index (χ1v) is 7.71. The smallest absolute Gasteiger partial charge is 0.274 e. The van der Waals surface area contributed by atoms with Gasteiger partial charge in [-0.25, -0.2) is 4.98 Å². The molecule has 4 nitrogen and oxygen atoms in total. The fourth-order valence-electron chi connectivity index (χ4n) is 2.13. The third-order valence-electron chi connectivity index (χ3n) is 3.07. The first kappa shape index (κ1) is 14.3. The number of carbonyl (C=O) groups excluding carboxylic acids is 1. The van der Waals surface area contributed by atoms with E-state index >= 15 is 0 Å². The van der Waals surface area contributed by atoms with E-state index < -0.39 is 0 Å². The second kappa shape index (κ2) is 5.65. The minimum atomic E-state index is -0.205. The molecule has 0 radical (unpaired) electrons. The highest BCUT2D eigenvalue weighted by Crippen LogP contribution is 2.18. The van der Waals surface area contributed by atoms with Crippen LogP contribution in [0.5, 0.6) is 0 Å². The van der Waals surface area contributed by atoms with Crippen molar-refractivity contribution in [3.05, 3.63) is 62.6 Å². The molecule has 0 unspecified atom stereocenters. The Morgan fingerprint density at radius 3 is 2.67 bits per heavy atom. The number of hydrogen-bond acceptors (Lipinski definition) is 2. The van der Waals surface area contributed by atoms with Crippen molar-refractivity contribution >= 4 is 51.4 Å². The Kier molecular flexibility index (Phi) is 3.86. The molecule has 0 aliphatic rings. The number of nitrogens with zero attached hydrogens (tertiary/aromatic N) is 2. The highest BCUT2D eigenvalue weighted by atomic mass is 127. The third-order valence-corrected chi connectivity index (χ3v) is 4.02. The van der Waals surface area contributed by atoms with Gasteiger partial charge in [0.15, 0.2) is 0 Å². The summed E-state index contributed by atoms with van der Waals surface area (Å²) in [6.07, 6.45) is 1.69. The molecule has 0 bridgehead atoms. The molecule has 0 saturated carbocycles. The van der Waals surface area contributed by atoms with Crippen molar-refractivity contribution in [2.75, 3.05) is 5.32 Å². The number of aryl methyl sites for hydroxylation is 1. The fourth-order valence-corrected chi connectivity index (χ4v) is 2.65. The van der Waals surface area contributed by atoms with Gasteiger partial charge in [0, 0.05) is 15.5 Å². The van der Waals surface area contributed by atoms with Crippen LogP contribution in [0, 0.1) is 10.5 Å². The molecule has 3 aromatic rings. The molecule has 106 valence electrons. The van der Waals surface area contributed by atoms with Crippen molar-refractivity contribution < 1.29 is 4.79 Å². The van der Waals surface area contributed by atoms with Crippen LogP contribution in [-0.4, -0.2) is 15.3 Å². The zero-order chi connectivity index (χ0) is 15.0. The van der Waals surface area contributed by atoms with Crippen LogP contribution in [0.4, 0.5) is 5.69 Å². The Hall–Kier alpha value is -1.60. The number of hydrogen-bond donors (Lipinski definition) is 1. The average molecular weight is 412 g/mol. The van der Waals surface area contributed by atoms with E-state index in [1.165, 1.54) is 0 Å². The molecule has 21 heavy (non-hydrogen) atoms. The summed E-state index contributed by atoms with van der Waals surface area (Å²) in [7, 11) is 0. The van der Waals surface area contributed by atoms with Gasteiger partial charge in [0.2, 0.25) is 0 Å². The van der Waals surface area contributed by atoms with Crippen molar-refractivity contribution in [2.24, 2.45) is 0 Å². The minimum Gasteiger partial charge on any atom is -0.321 e. The number of aromatic nitrogens is 2. The number of benzene rings is 1. The number of nitrogens with one attached hydrogen (secondary N) is 1. The monoisotopic (exact) mass is 411 g/mol. The van der Waals surface area contributed by atoms with E-state index in [0.717, 1.165) is 9.26 Å². The summed E-state index contributed by atoms with van der Waals surface area (Å²) in [6, 6.07) is 11.2. The molecular weight excluding hydrogens is 401 g/mol. The number of imidazole rings is 1. The van der Waals surface area contributed by atoms with Gasteiger partial charge in [-0.05, 0) is 65.9 Å². The van der Waals surface area contributed by atoms with Crippen LogP contribution in [0.15, 0.2) is 42.6 Å². The molecule has 6 heteroatoms. The van der Waals surface area contributed by atoms with Crippen LogP contribution in [0.1, 0.15) is 16.2 Å². The molecule has 0 atom stereocenters. The number of halogens is 2. The molecule has 2 aromatic heterocycles. The molecular formula is C15H11ClIN3O. The van der Waals surface area contributed by atoms with Crippen molar-refractivity contribution in [2.45, 2.75) is 6.92 Å². The van der Waals surface area contributed by atoms with Gasteiger partial charge < -0.3 is 5.32 Å². The van der Waals surface area contributed by atoms with Crippen LogP contribution in [0.2, 0.25) is 5.02 Å². The molecule has 1 aromatic carbocycles. The first-order chi connectivity index (χ1) is 10.0. The first-order valence-electron chi connectivity index (χ1n) is 6.26. The summed E-state index contributed by atoms with van der Waals surface area (Å²) >= 11 is 8.22. The Labute approximate surface area is 140 Å². The van der Waals surface area contributed by atoms with Crippen molar-refractivity contribution in [1.29, 1.82) is 0 Å². The number of pyridine rings is 1. The van der Waals surface area contributed by atoms with E-state index in [2.05, 4.69) is 32.9 Å². The summed E-state index contributed by atoms with van der Waals surface area (Å²) in [5.41, 5.74) is 2.60. The predicted octanol–water partition coefficient (Wildman–Crippen LogP) is 4.15. The lowest BCUT2D eigenvalue weighted by Crippen LogP contribution is -2.15. The van der Waals surface area contributed by atoms with Crippen molar-refractivity contribution in [1.82, 2.24) is 9.38 Å². The quantitative estimate of drug-likeness (QED) is 0.644. The minimum absolute atomic E-state index is 0.205. The maximum Gasteiger partial charge on any atom is 0.274 e. The zero-order valence-corrected chi connectivity index (χ0v) is 14.0. The number of anilines is 1. The van der Waals surface area contributed by atoms with E-state index in [-0.39, 0.29) is 5.91 Å². The fraction of sp³-hybridized carbons (Fsp3) is 0.0667. The average Bonchev–Trinajstić information content (AvgIpc) is 2.76. The predicted molar refractivity (Wildman–Crippen MR) is 92.1 cm³/mol. The molecule has 0 aliphatic heterocycles. The highest BCUT2D eigenvalue weighted by Gasteiger charge is 2.16. The van der Waals surface area contributed by atoms with Gasteiger partial charge in [-0.2, -0.15) is 0 Å². The van der Waals surface area contributed by atoms with Gasteiger partial charge in [0.05, 0.1) is 10.7 Å². The summed E-state index contributed by atoms with van der Waals surface area (Å²) in [4.78, 5) is 16.9. The van der Waals surface area contributed by atoms with E-state index in [1.807, 2.05) is 31.2 Å². The molecule has 0 aliphatic carbocycles. The van der Waals surface area contributed by atoms with Gasteiger partial charge in [-0.1, -0.05) is 11.6 Å². The van der Waals surface area contributed by atoms with Gasteiger partial charge >= 0.3 is 0 Å². The van der Waals surface area contributed by atoms with Crippen molar-refractivity contribution in [3.63, 3.8) is 0 Å². The molecule has 1 amide bonds. The summed E-state index contributed by atoms with van der Waals surface area (Å²) in [6.45, 7) is 1.81. The van der Waals surface area contributed by atoms with Crippen LogP contribution in [0.25, 0.3) is 5.65 Å². The summed E-state index contributed by atoms with van der Waals surface area (Å²) < 4.78 is 2.82. The Morgan fingerprint density at radius 1 is 1.24 bits per heavy atom. The van der Waals surface area contributed by atoms with Gasteiger partial charge in [-0.3, -0.25) is 9.20 Å². The largest absolute Gasteiger partial charge is 0.321 e. The van der Waals surface area contributed by atoms with Crippen LogP contribution in [0.3, 0.4) is 0 Å². The Morgan fingerprint density at radius 2 is 1.95 bits per heavy atom. The lowest BCUT2D eigenvalue weighted by atomic mass is 10.3. The van der Waals surface area contributed by atoms with Crippen LogP contribution >= 0.6 is 34.2 Å². The maximum atomic E-state index is 12.5. The highest BCUT2D eigenvalue weighted by molar-refractivity contribution is 14.1. The zero-order valence-electron chi connectivity index (χ0n) is 11.1. The second-order valence-corrected chi connectivity index (χ2v) is 6.26. The summed E-state index contributed by atoms with van der Waals surface area (Å²) in [5.74, 6) is -0.205. The van der Waals surface area contributed by atoms with Gasteiger partial charge in [-0.15, -0.1) is 0 Å². The molecule has 0 fully saturated rings. The van der Waals surface area contributed by atoms with Gasteiger partial charge in [0.1, 0.15) is 11.3 Å². The lowest BCUT2D eigenvalue weighted by Gasteiger charge is -2.06. The number of fused-ring (bicyclic) bond motifs is 1. The number of rotatable bonds is 2. The summed E-state index contributed by atoms with van der Waals surface area (Å²) in [5, 5.41) is 3.44. The van der Waals surface area contributed by atoms with E-state index in [0.29, 0.717) is 22.1 Å². The normalized spacial score (nSPS) is 10.8. The molecule has 1 N–H and O–H groups in total. The molecule has 3 rings (SSSR count). The molecule has 2 heterocycles. The van der Waals surface area contributed by atoms with Crippen molar-refractivity contribution in [3.8, 4) is 0 Å². The molecule has 0 saturated heterocycles. The van der Waals surface area contributed by atoms with E-state index in [4.69, 9.17) is 11.6 Å². The van der Waals surface area contributed by atoms with Crippen LogP contribution in [-0.2, 0) is 0 Å². The maximum absolute atomic E-state index is 12.5.